The van der Waals surface area contributed by atoms with E-state index in [1.165, 1.54) is 0 Å². The summed E-state index contributed by atoms with van der Waals surface area (Å²) in [5.74, 6) is -2.52. The summed E-state index contributed by atoms with van der Waals surface area (Å²) in [6.07, 6.45) is 1.00. The zero-order chi connectivity index (χ0) is 6.93. The normalized spacial score (nSPS) is 60.6. The number of hydrogen-bond donors (Lipinski definition) is 1. The lowest BCUT2D eigenvalue weighted by Crippen LogP contribution is -2.27. The van der Waals surface area contributed by atoms with Gasteiger partial charge in [-0.05, 0) is 18.9 Å². The van der Waals surface area contributed by atoms with E-state index >= 15 is 0 Å². The first-order valence-corrected chi connectivity index (χ1v) is 3.82. The lowest BCUT2D eigenvalue weighted by molar-refractivity contribution is 0.0644. The first kappa shape index (κ1) is 5.47. The van der Waals surface area contributed by atoms with E-state index in [0.29, 0.717) is 5.92 Å². The molecule has 0 radical (unpaired) electrons. The Morgan fingerprint density at radius 1 is 1.30 bits per heavy atom. The van der Waals surface area contributed by atoms with Crippen molar-refractivity contribution in [3.05, 3.63) is 0 Å². The minimum atomic E-state index is -2.29. The van der Waals surface area contributed by atoms with E-state index < -0.39 is 5.92 Å². The third-order valence-electron chi connectivity index (χ3n) is 3.31. The second-order valence-corrected chi connectivity index (χ2v) is 3.74. The van der Waals surface area contributed by atoms with E-state index in [9.17, 15) is 8.78 Å². The van der Waals surface area contributed by atoms with Gasteiger partial charge >= 0.3 is 0 Å². The molecule has 3 rings (SSSR count). The van der Waals surface area contributed by atoms with Crippen molar-refractivity contribution in [3.63, 3.8) is 0 Å². The molecule has 0 spiro atoms. The van der Waals surface area contributed by atoms with Crippen LogP contribution >= 0.6 is 0 Å². The summed E-state index contributed by atoms with van der Waals surface area (Å²) in [5, 5.41) is 3.12. The van der Waals surface area contributed by atoms with Crippen LogP contribution < -0.4 is 5.32 Å². The fourth-order valence-electron chi connectivity index (χ4n) is 2.84. The molecule has 0 aromatic carbocycles. The highest BCUT2D eigenvalue weighted by Gasteiger charge is 2.78. The molecule has 10 heavy (non-hydrogen) atoms. The SMILES string of the molecule is FC1(F)[C@@H]2[C@H]3CN[C@@H](C3)[C@@H]21. The maximum Gasteiger partial charge on any atom is 0.256 e. The Morgan fingerprint density at radius 2 is 2.10 bits per heavy atom. The van der Waals surface area contributed by atoms with Crippen LogP contribution in [-0.4, -0.2) is 18.5 Å². The van der Waals surface area contributed by atoms with E-state index in [-0.39, 0.29) is 17.9 Å². The summed E-state index contributed by atoms with van der Waals surface area (Å²) < 4.78 is 25.5. The minimum Gasteiger partial charge on any atom is -0.313 e. The van der Waals surface area contributed by atoms with Crippen LogP contribution in [0.5, 0.6) is 0 Å². The van der Waals surface area contributed by atoms with Crippen molar-refractivity contribution in [2.75, 3.05) is 6.54 Å². The highest BCUT2D eigenvalue weighted by Crippen LogP contribution is 2.68. The van der Waals surface area contributed by atoms with Gasteiger partial charge in [0.25, 0.3) is 5.92 Å². The van der Waals surface area contributed by atoms with Gasteiger partial charge in [-0.25, -0.2) is 8.78 Å². The molecule has 4 atom stereocenters. The molecule has 2 bridgehead atoms. The summed E-state index contributed by atoms with van der Waals surface area (Å²) >= 11 is 0. The maximum atomic E-state index is 12.7. The van der Waals surface area contributed by atoms with Crippen molar-refractivity contribution in [3.8, 4) is 0 Å². The van der Waals surface area contributed by atoms with Gasteiger partial charge in [-0.1, -0.05) is 0 Å². The third-order valence-corrected chi connectivity index (χ3v) is 3.31. The predicted octanol–water partition coefficient (Wildman–Crippen LogP) is 0.859. The number of piperidine rings is 1. The van der Waals surface area contributed by atoms with E-state index in [0.717, 1.165) is 13.0 Å². The lowest BCUT2D eigenvalue weighted by Gasteiger charge is -2.06. The van der Waals surface area contributed by atoms with Gasteiger partial charge in [-0.3, -0.25) is 0 Å². The molecular weight excluding hydrogens is 136 g/mol. The molecule has 2 aliphatic carbocycles. The Bertz CT molecular complexity index is 174. The summed E-state index contributed by atoms with van der Waals surface area (Å²) in [5.41, 5.74) is 0. The fraction of sp³-hybridized carbons (Fsp3) is 1.00. The average Bonchev–Trinajstić information content (AvgIpc) is 2.37. The van der Waals surface area contributed by atoms with Crippen molar-refractivity contribution in [1.82, 2.24) is 5.32 Å². The minimum absolute atomic E-state index is 0.157. The van der Waals surface area contributed by atoms with E-state index in [1.807, 2.05) is 0 Å². The first-order valence-electron chi connectivity index (χ1n) is 3.82. The molecule has 0 aromatic heterocycles. The molecule has 0 amide bonds. The summed E-state index contributed by atoms with van der Waals surface area (Å²) in [6, 6.07) is 0.157. The standard InChI is InChI=1S/C7H9F2N/c8-7(9)5-3-1-4(6(5)7)10-2-3/h3-6,10H,1-2H2/t3-,4+,5-,6+/m1/s1. The predicted molar refractivity (Wildman–Crippen MR) is 31.8 cm³/mol. The number of halogens is 2. The van der Waals surface area contributed by atoms with E-state index in [4.69, 9.17) is 0 Å². The van der Waals surface area contributed by atoms with Gasteiger partial charge in [-0.2, -0.15) is 0 Å². The second kappa shape index (κ2) is 1.24. The van der Waals surface area contributed by atoms with E-state index in [2.05, 4.69) is 5.32 Å². The number of alkyl halides is 2. The molecule has 1 saturated heterocycles. The molecule has 3 aliphatic rings. The zero-order valence-corrected chi connectivity index (χ0v) is 5.48. The Balaban J connectivity index is 1.97. The number of rotatable bonds is 0. The number of nitrogens with one attached hydrogen (secondary N) is 1. The van der Waals surface area contributed by atoms with Crippen LogP contribution in [0.4, 0.5) is 8.78 Å². The van der Waals surface area contributed by atoms with E-state index in [1.54, 1.807) is 0 Å². The Kier molecular flexibility index (Phi) is 0.680. The molecule has 1 aliphatic heterocycles. The number of hydrogen-bond acceptors (Lipinski definition) is 1. The molecule has 0 unspecified atom stereocenters. The van der Waals surface area contributed by atoms with Crippen LogP contribution in [0.25, 0.3) is 0 Å². The van der Waals surface area contributed by atoms with Crippen LogP contribution in [0.3, 0.4) is 0 Å². The lowest BCUT2D eigenvalue weighted by atomic mass is 10.1. The molecule has 0 aromatic rings. The summed E-state index contributed by atoms with van der Waals surface area (Å²) in [4.78, 5) is 0. The average molecular weight is 145 g/mol. The van der Waals surface area contributed by atoms with Gasteiger partial charge in [0, 0.05) is 17.9 Å². The fourth-order valence-corrected chi connectivity index (χ4v) is 2.84. The van der Waals surface area contributed by atoms with Crippen LogP contribution in [0, 0.1) is 17.8 Å². The smallest absolute Gasteiger partial charge is 0.256 e. The molecule has 1 nitrogen and oxygen atoms in total. The molecule has 1 heterocycles. The van der Waals surface area contributed by atoms with Gasteiger partial charge in [0.15, 0.2) is 0 Å². The van der Waals surface area contributed by atoms with Crippen molar-refractivity contribution < 1.29 is 8.78 Å². The molecule has 3 heteroatoms. The van der Waals surface area contributed by atoms with Crippen molar-refractivity contribution in [1.29, 1.82) is 0 Å². The highest BCUT2D eigenvalue weighted by atomic mass is 19.3. The van der Waals surface area contributed by atoms with Crippen molar-refractivity contribution >= 4 is 0 Å². The quantitative estimate of drug-likeness (QED) is 0.533. The van der Waals surface area contributed by atoms with Crippen molar-refractivity contribution in [2.45, 2.75) is 18.4 Å². The number of fused-ring (bicyclic) bond motifs is 5. The molecule has 56 valence electrons. The van der Waals surface area contributed by atoms with Crippen LogP contribution in [0.15, 0.2) is 0 Å². The first-order chi connectivity index (χ1) is 4.71. The summed E-state index contributed by atoms with van der Waals surface area (Å²) in [7, 11) is 0. The van der Waals surface area contributed by atoms with Crippen LogP contribution in [-0.2, 0) is 0 Å². The van der Waals surface area contributed by atoms with Gasteiger partial charge in [0.1, 0.15) is 0 Å². The summed E-state index contributed by atoms with van der Waals surface area (Å²) in [6.45, 7) is 0.835. The van der Waals surface area contributed by atoms with Gasteiger partial charge in [0.2, 0.25) is 0 Å². The van der Waals surface area contributed by atoms with Crippen molar-refractivity contribution in [2.24, 2.45) is 17.8 Å². The highest BCUT2D eigenvalue weighted by molar-refractivity contribution is 5.21. The van der Waals surface area contributed by atoms with Gasteiger partial charge in [-0.15, -0.1) is 0 Å². The Hall–Kier alpha value is -0.180. The molecular formula is C7H9F2N. The van der Waals surface area contributed by atoms with Crippen LogP contribution in [0.2, 0.25) is 0 Å². The Morgan fingerprint density at radius 3 is 2.60 bits per heavy atom. The van der Waals surface area contributed by atoms with Crippen LogP contribution in [0.1, 0.15) is 6.42 Å². The Labute approximate surface area is 57.8 Å². The third kappa shape index (κ3) is 0.383. The van der Waals surface area contributed by atoms with Gasteiger partial charge < -0.3 is 5.32 Å². The topological polar surface area (TPSA) is 12.0 Å². The van der Waals surface area contributed by atoms with Gasteiger partial charge in [0.05, 0.1) is 0 Å². The monoisotopic (exact) mass is 145 g/mol. The molecule has 1 N–H and O–H groups in total. The maximum absolute atomic E-state index is 12.7. The molecule has 3 fully saturated rings. The second-order valence-electron chi connectivity index (χ2n) is 3.74. The zero-order valence-electron chi connectivity index (χ0n) is 5.48. The molecule has 2 saturated carbocycles. The largest absolute Gasteiger partial charge is 0.313 e.